The molecule has 7 aromatic carbocycles. The van der Waals surface area contributed by atoms with Crippen molar-refractivity contribution >= 4 is 62.2 Å². The van der Waals surface area contributed by atoms with Crippen molar-refractivity contribution < 1.29 is 0 Å². The van der Waals surface area contributed by atoms with E-state index in [4.69, 9.17) is 9.97 Å². The molecule has 0 fully saturated rings. The largest absolute Gasteiger partial charge is 0.309 e. The summed E-state index contributed by atoms with van der Waals surface area (Å²) in [5.41, 5.74) is 12.6. The van der Waals surface area contributed by atoms with Crippen LogP contribution in [0.1, 0.15) is 0 Å². The Morgan fingerprint density at radius 3 is 1.72 bits per heavy atom. The SMILES string of the molecule is C[Si]1(C)c2ccccc2-c2c(-c3ccccc3-n3c4ccccc4c4cc5c(cc43)c3ccccc3n5-c3ccccc3)nc(-c3ccccc3)nc21. The Kier molecular flexibility index (Phi) is 6.37. The molecule has 1 aliphatic heterocycles. The summed E-state index contributed by atoms with van der Waals surface area (Å²) in [7, 11) is -2.12. The zero-order chi connectivity index (χ0) is 35.3. The van der Waals surface area contributed by atoms with Crippen molar-refractivity contribution in [3.8, 4) is 45.1 Å². The van der Waals surface area contributed by atoms with Crippen molar-refractivity contribution in [3.05, 3.63) is 170 Å². The third-order valence-electron chi connectivity index (χ3n) is 11.3. The quantitative estimate of drug-likeness (QED) is 0.172. The van der Waals surface area contributed by atoms with Crippen LogP contribution >= 0.6 is 0 Å². The van der Waals surface area contributed by atoms with Gasteiger partial charge in [-0.2, -0.15) is 0 Å². The fourth-order valence-electron chi connectivity index (χ4n) is 8.87. The smallest absolute Gasteiger partial charge is 0.159 e. The average molecular weight is 695 g/mol. The molecule has 250 valence electrons. The molecule has 0 saturated heterocycles. The summed E-state index contributed by atoms with van der Waals surface area (Å²) in [6.45, 7) is 4.86. The lowest BCUT2D eigenvalue weighted by molar-refractivity contribution is 1.16. The van der Waals surface area contributed by atoms with Crippen LogP contribution in [-0.4, -0.2) is 27.2 Å². The lowest BCUT2D eigenvalue weighted by Gasteiger charge is -2.20. The van der Waals surface area contributed by atoms with E-state index in [-0.39, 0.29) is 0 Å². The molecule has 53 heavy (non-hydrogen) atoms. The van der Waals surface area contributed by atoms with Crippen molar-refractivity contribution in [3.63, 3.8) is 0 Å². The summed E-state index contributed by atoms with van der Waals surface area (Å²) in [4.78, 5) is 10.9. The van der Waals surface area contributed by atoms with Gasteiger partial charge in [-0.05, 0) is 53.2 Å². The van der Waals surface area contributed by atoms with Crippen molar-refractivity contribution in [2.75, 3.05) is 0 Å². The Balaban J connectivity index is 1.25. The van der Waals surface area contributed by atoms with Crippen LogP contribution in [0.4, 0.5) is 0 Å². The zero-order valence-corrected chi connectivity index (χ0v) is 30.5. The second-order valence-corrected chi connectivity index (χ2v) is 18.9. The Morgan fingerprint density at radius 2 is 1.00 bits per heavy atom. The molecule has 5 heteroatoms. The molecule has 4 nitrogen and oxygen atoms in total. The van der Waals surface area contributed by atoms with Crippen LogP contribution in [0.15, 0.2) is 170 Å². The molecule has 10 aromatic rings. The van der Waals surface area contributed by atoms with E-state index in [1.165, 1.54) is 65.2 Å². The molecule has 0 radical (unpaired) electrons. The molecule has 0 amide bonds. The number of aromatic nitrogens is 4. The van der Waals surface area contributed by atoms with Gasteiger partial charge in [0, 0.05) is 49.2 Å². The summed E-state index contributed by atoms with van der Waals surface area (Å²) in [5.74, 6) is 0.778. The van der Waals surface area contributed by atoms with Gasteiger partial charge in [0.15, 0.2) is 5.82 Å². The normalized spacial score (nSPS) is 13.2. The molecule has 0 N–H and O–H groups in total. The molecule has 0 bridgehead atoms. The molecule has 0 spiro atoms. The topological polar surface area (TPSA) is 35.6 Å². The predicted octanol–water partition coefficient (Wildman–Crippen LogP) is 10.8. The first-order valence-electron chi connectivity index (χ1n) is 18.3. The number of rotatable bonds is 4. The average Bonchev–Trinajstić information content (AvgIpc) is 3.80. The van der Waals surface area contributed by atoms with E-state index in [2.05, 4.69) is 192 Å². The highest BCUT2D eigenvalue weighted by Crippen LogP contribution is 2.43. The van der Waals surface area contributed by atoms with Crippen molar-refractivity contribution in [1.82, 2.24) is 19.1 Å². The van der Waals surface area contributed by atoms with E-state index in [9.17, 15) is 0 Å². The monoisotopic (exact) mass is 694 g/mol. The van der Waals surface area contributed by atoms with E-state index < -0.39 is 8.07 Å². The molecule has 3 aromatic heterocycles. The molecule has 0 aliphatic carbocycles. The minimum Gasteiger partial charge on any atom is -0.309 e. The van der Waals surface area contributed by atoms with Crippen LogP contribution in [0, 0.1) is 0 Å². The first kappa shape index (κ1) is 30.1. The van der Waals surface area contributed by atoms with Gasteiger partial charge in [-0.1, -0.05) is 140 Å². The van der Waals surface area contributed by atoms with Gasteiger partial charge in [-0.25, -0.2) is 9.97 Å². The second-order valence-electron chi connectivity index (χ2n) is 14.6. The molecule has 0 unspecified atom stereocenters. The molecular formula is C48H34N4Si. The Bertz CT molecular complexity index is 3080. The number of fused-ring (bicyclic) bond motifs is 9. The van der Waals surface area contributed by atoms with E-state index in [1.807, 2.05) is 0 Å². The van der Waals surface area contributed by atoms with Gasteiger partial charge in [0.05, 0.1) is 33.4 Å². The van der Waals surface area contributed by atoms with Gasteiger partial charge >= 0.3 is 0 Å². The Hall–Kier alpha value is -6.56. The summed E-state index contributed by atoms with van der Waals surface area (Å²) in [6.07, 6.45) is 0. The van der Waals surface area contributed by atoms with Crippen LogP contribution in [0.25, 0.3) is 88.8 Å². The highest BCUT2D eigenvalue weighted by atomic mass is 28.3. The first-order chi connectivity index (χ1) is 26.1. The van der Waals surface area contributed by atoms with Gasteiger partial charge in [0.1, 0.15) is 8.07 Å². The van der Waals surface area contributed by atoms with E-state index in [1.54, 1.807) is 0 Å². The lowest BCUT2D eigenvalue weighted by Crippen LogP contribution is -2.50. The van der Waals surface area contributed by atoms with E-state index >= 15 is 0 Å². The highest BCUT2D eigenvalue weighted by Gasteiger charge is 2.41. The minimum atomic E-state index is -2.12. The summed E-state index contributed by atoms with van der Waals surface area (Å²) in [6, 6.07) is 61.3. The summed E-state index contributed by atoms with van der Waals surface area (Å²) < 4.78 is 4.87. The molecule has 0 saturated carbocycles. The number of hydrogen-bond acceptors (Lipinski definition) is 2. The molecular weight excluding hydrogens is 661 g/mol. The van der Waals surface area contributed by atoms with Crippen LogP contribution < -0.4 is 10.5 Å². The maximum atomic E-state index is 5.50. The molecule has 0 atom stereocenters. The predicted molar refractivity (Wildman–Crippen MR) is 224 cm³/mol. The fraction of sp³-hybridized carbons (Fsp3) is 0.0417. The van der Waals surface area contributed by atoms with Gasteiger partial charge < -0.3 is 9.13 Å². The first-order valence-corrected chi connectivity index (χ1v) is 21.3. The fourth-order valence-corrected chi connectivity index (χ4v) is 11.8. The Morgan fingerprint density at radius 1 is 0.453 bits per heavy atom. The number of nitrogens with zero attached hydrogens (tertiary/aromatic N) is 4. The summed E-state index contributed by atoms with van der Waals surface area (Å²) in [5, 5.41) is 7.54. The molecule has 11 rings (SSSR count). The van der Waals surface area contributed by atoms with Gasteiger partial charge in [0.25, 0.3) is 0 Å². The van der Waals surface area contributed by atoms with Gasteiger partial charge in [-0.15, -0.1) is 0 Å². The molecule has 4 heterocycles. The van der Waals surface area contributed by atoms with Crippen molar-refractivity contribution in [2.45, 2.75) is 13.1 Å². The van der Waals surface area contributed by atoms with Gasteiger partial charge in [0.2, 0.25) is 0 Å². The van der Waals surface area contributed by atoms with Crippen LogP contribution in [0.5, 0.6) is 0 Å². The van der Waals surface area contributed by atoms with Crippen molar-refractivity contribution in [2.24, 2.45) is 0 Å². The minimum absolute atomic E-state index is 0.778. The second kappa shape index (κ2) is 11.2. The van der Waals surface area contributed by atoms with Crippen LogP contribution in [0.3, 0.4) is 0 Å². The third-order valence-corrected chi connectivity index (χ3v) is 14.6. The van der Waals surface area contributed by atoms with Crippen LogP contribution in [0.2, 0.25) is 13.1 Å². The highest BCUT2D eigenvalue weighted by molar-refractivity contribution is 7.03. The summed E-state index contributed by atoms with van der Waals surface area (Å²) >= 11 is 0. The maximum absolute atomic E-state index is 5.50. The maximum Gasteiger partial charge on any atom is 0.159 e. The standard InChI is InChI=1S/C48H34N4Si/c1-53(2)44-28-16-12-24-36(44)45-46(49-47(50-48(45)53)31-17-5-3-6-18-31)35-23-11-15-27-41(35)52-40-26-14-10-22-34(40)38-29-42-37(30-43(38)52)33-21-9-13-25-39(33)51(42)32-19-7-4-8-20-32/h3-30H,1-2H3. The van der Waals surface area contributed by atoms with Crippen LogP contribution in [-0.2, 0) is 0 Å². The molecule has 1 aliphatic rings. The lowest BCUT2D eigenvalue weighted by atomic mass is 9.99. The number of benzene rings is 7. The number of hydrogen-bond donors (Lipinski definition) is 0. The van der Waals surface area contributed by atoms with Crippen molar-refractivity contribution in [1.29, 1.82) is 0 Å². The zero-order valence-electron chi connectivity index (χ0n) is 29.5. The number of para-hydroxylation sites is 4. The van der Waals surface area contributed by atoms with Gasteiger partial charge in [-0.3, -0.25) is 0 Å². The third kappa shape index (κ3) is 4.29. The van der Waals surface area contributed by atoms with E-state index in [0.29, 0.717) is 0 Å². The van der Waals surface area contributed by atoms with E-state index in [0.717, 1.165) is 34.0 Å². The Labute approximate surface area is 308 Å².